The van der Waals surface area contributed by atoms with Crippen LogP contribution in [0.4, 0.5) is 15.8 Å². The summed E-state index contributed by atoms with van der Waals surface area (Å²) in [6.45, 7) is 0.487. The van der Waals surface area contributed by atoms with Crippen molar-refractivity contribution in [1.82, 2.24) is 0 Å². The van der Waals surface area contributed by atoms with Crippen molar-refractivity contribution >= 4 is 41.1 Å². The number of nitrogens with one attached hydrogen (secondary N) is 1. The molecule has 0 aromatic heterocycles. The molecule has 0 bridgehead atoms. The molecule has 0 unspecified atom stereocenters. The highest BCUT2D eigenvalue weighted by Crippen LogP contribution is 2.45. The quantitative estimate of drug-likeness (QED) is 0.430. The minimum absolute atomic E-state index is 0.0809. The molecule has 0 saturated heterocycles. The van der Waals surface area contributed by atoms with Crippen LogP contribution in [0.25, 0.3) is 0 Å². The largest absolute Gasteiger partial charge is 0.322 e. The van der Waals surface area contributed by atoms with Crippen molar-refractivity contribution in [2.45, 2.75) is 25.7 Å². The van der Waals surface area contributed by atoms with Gasteiger partial charge in [0.15, 0.2) is 0 Å². The summed E-state index contributed by atoms with van der Waals surface area (Å²) in [4.78, 5) is 39.3. The highest BCUT2D eigenvalue weighted by Gasteiger charge is 2.38. The van der Waals surface area contributed by atoms with Crippen LogP contribution in [0.2, 0.25) is 5.02 Å². The lowest BCUT2D eigenvalue weighted by molar-refractivity contribution is -0.105. The SMILES string of the molecule is O=CC1=C[C@@]2(CC1)CCN(C(=O)c1ccc(NC(=O)c3ccccc3F)cc1Cl)c1ccccc1C2. The molecule has 0 saturated carbocycles. The van der Waals surface area contributed by atoms with E-state index in [1.807, 2.05) is 24.3 Å². The number of amides is 2. The fourth-order valence-corrected chi connectivity index (χ4v) is 5.43. The van der Waals surface area contributed by atoms with E-state index in [0.29, 0.717) is 17.8 Å². The van der Waals surface area contributed by atoms with E-state index in [-0.39, 0.29) is 21.9 Å². The molecule has 1 spiro atoms. The number of carbonyl (C=O) groups is 3. The van der Waals surface area contributed by atoms with E-state index in [0.717, 1.165) is 48.8 Å². The molecular weight excluding hydrogens is 479 g/mol. The fourth-order valence-electron chi connectivity index (χ4n) is 5.17. The maximum absolute atomic E-state index is 13.9. The molecule has 1 atom stereocenters. The van der Waals surface area contributed by atoms with Gasteiger partial charge in [-0.3, -0.25) is 14.4 Å². The number of hydrogen-bond donors (Lipinski definition) is 1. The van der Waals surface area contributed by atoms with Crippen molar-refractivity contribution in [1.29, 1.82) is 0 Å². The molecule has 1 aliphatic carbocycles. The standard InChI is InChI=1S/C29H24ClFN2O3/c30-24-15-21(32-27(35)23-6-2-3-7-25(23)31)9-10-22(24)28(36)33-14-13-29(12-11-19(16-29)18-34)17-20-5-1-4-8-26(20)33/h1-10,15-16,18H,11-14,17H2,(H,32,35)/t29-/m1/s1. The molecule has 2 aliphatic rings. The number of rotatable bonds is 4. The Morgan fingerprint density at radius 3 is 2.53 bits per heavy atom. The van der Waals surface area contributed by atoms with E-state index in [1.54, 1.807) is 23.1 Å². The third kappa shape index (κ3) is 4.56. The molecule has 7 heteroatoms. The molecule has 0 radical (unpaired) electrons. The number of halogens is 2. The molecule has 3 aromatic carbocycles. The molecule has 5 nitrogen and oxygen atoms in total. The zero-order valence-electron chi connectivity index (χ0n) is 19.5. The molecule has 1 aliphatic heterocycles. The smallest absolute Gasteiger partial charge is 0.259 e. The zero-order chi connectivity index (χ0) is 25.3. The average Bonchev–Trinajstić information content (AvgIpc) is 3.20. The molecule has 182 valence electrons. The summed E-state index contributed by atoms with van der Waals surface area (Å²) >= 11 is 6.51. The van der Waals surface area contributed by atoms with Crippen molar-refractivity contribution in [3.05, 3.63) is 106 Å². The van der Waals surface area contributed by atoms with Crippen molar-refractivity contribution < 1.29 is 18.8 Å². The Kier molecular flexibility index (Phi) is 6.46. The van der Waals surface area contributed by atoms with E-state index in [2.05, 4.69) is 11.4 Å². The van der Waals surface area contributed by atoms with E-state index in [9.17, 15) is 18.8 Å². The predicted octanol–water partition coefficient (Wildman–Crippen LogP) is 6.23. The first-order valence-corrected chi connectivity index (χ1v) is 12.2. The lowest BCUT2D eigenvalue weighted by Crippen LogP contribution is -2.33. The van der Waals surface area contributed by atoms with Crippen LogP contribution in [0.3, 0.4) is 0 Å². The van der Waals surface area contributed by atoms with Gasteiger partial charge >= 0.3 is 0 Å². The van der Waals surface area contributed by atoms with Gasteiger partial charge in [-0.1, -0.05) is 48.0 Å². The number of fused-ring (bicyclic) bond motifs is 1. The van der Waals surface area contributed by atoms with Gasteiger partial charge in [-0.05, 0) is 78.6 Å². The van der Waals surface area contributed by atoms with Crippen LogP contribution < -0.4 is 10.2 Å². The molecule has 3 aromatic rings. The van der Waals surface area contributed by atoms with E-state index >= 15 is 0 Å². The van der Waals surface area contributed by atoms with Gasteiger partial charge in [0.2, 0.25) is 0 Å². The summed E-state index contributed by atoms with van der Waals surface area (Å²) in [6.07, 6.45) is 6.16. The minimum atomic E-state index is -0.622. The highest BCUT2D eigenvalue weighted by molar-refractivity contribution is 6.35. The van der Waals surface area contributed by atoms with Gasteiger partial charge in [-0.15, -0.1) is 0 Å². The first-order chi connectivity index (χ1) is 17.4. The predicted molar refractivity (Wildman–Crippen MR) is 138 cm³/mol. The van der Waals surface area contributed by atoms with Crippen LogP contribution in [0.5, 0.6) is 0 Å². The van der Waals surface area contributed by atoms with E-state index in [4.69, 9.17) is 11.6 Å². The van der Waals surface area contributed by atoms with Gasteiger partial charge in [-0.25, -0.2) is 4.39 Å². The second-order valence-corrected chi connectivity index (χ2v) is 9.75. The Morgan fingerprint density at radius 2 is 1.78 bits per heavy atom. The molecule has 5 rings (SSSR count). The second kappa shape index (κ2) is 9.70. The van der Waals surface area contributed by atoms with Crippen LogP contribution in [0.1, 0.15) is 45.5 Å². The number of allylic oxidation sites excluding steroid dienone is 2. The number of benzene rings is 3. The molecule has 1 heterocycles. The van der Waals surface area contributed by atoms with Gasteiger partial charge < -0.3 is 10.2 Å². The molecule has 0 fully saturated rings. The Balaban J connectivity index is 1.40. The maximum atomic E-state index is 13.9. The van der Waals surface area contributed by atoms with Gasteiger partial charge in [0.25, 0.3) is 11.8 Å². The molecular formula is C29H24ClFN2O3. The van der Waals surface area contributed by atoms with Crippen molar-refractivity contribution in [2.24, 2.45) is 5.41 Å². The number of para-hydroxylation sites is 1. The van der Waals surface area contributed by atoms with Gasteiger partial charge in [0, 0.05) is 17.9 Å². The van der Waals surface area contributed by atoms with E-state index in [1.165, 1.54) is 24.3 Å². The lowest BCUT2D eigenvalue weighted by Gasteiger charge is -2.26. The van der Waals surface area contributed by atoms with Crippen LogP contribution in [0.15, 0.2) is 78.4 Å². The number of anilines is 2. The summed E-state index contributed by atoms with van der Waals surface area (Å²) in [5, 5.41) is 2.82. The van der Waals surface area contributed by atoms with Gasteiger partial charge in [-0.2, -0.15) is 0 Å². The maximum Gasteiger partial charge on any atom is 0.259 e. The van der Waals surface area contributed by atoms with Crippen molar-refractivity contribution in [3.8, 4) is 0 Å². The summed E-state index contributed by atoms with van der Waals surface area (Å²) in [7, 11) is 0. The fraction of sp³-hybridized carbons (Fsp3) is 0.207. The number of carbonyl (C=O) groups excluding carboxylic acids is 3. The second-order valence-electron chi connectivity index (χ2n) is 9.34. The normalized spacial score (nSPS) is 18.8. The highest BCUT2D eigenvalue weighted by atomic mass is 35.5. The lowest BCUT2D eigenvalue weighted by atomic mass is 9.79. The first kappa shape index (κ1) is 23.9. The Labute approximate surface area is 213 Å². The van der Waals surface area contributed by atoms with Crippen LogP contribution in [-0.4, -0.2) is 24.6 Å². The Bertz CT molecular complexity index is 1400. The number of nitrogens with zero attached hydrogens (tertiary/aromatic N) is 1. The van der Waals surface area contributed by atoms with Crippen LogP contribution in [0, 0.1) is 11.2 Å². The first-order valence-electron chi connectivity index (χ1n) is 11.8. The van der Waals surface area contributed by atoms with Gasteiger partial charge in [0.05, 0.1) is 16.1 Å². The summed E-state index contributed by atoms with van der Waals surface area (Å²) in [6, 6.07) is 18.2. The third-order valence-corrected chi connectivity index (χ3v) is 7.35. The van der Waals surface area contributed by atoms with Crippen molar-refractivity contribution in [2.75, 3.05) is 16.8 Å². The average molecular weight is 503 g/mol. The Morgan fingerprint density at radius 1 is 1.00 bits per heavy atom. The summed E-state index contributed by atoms with van der Waals surface area (Å²) in [5.41, 5.74) is 3.15. The van der Waals surface area contributed by atoms with E-state index < -0.39 is 11.7 Å². The Hall–Kier alpha value is -3.77. The molecule has 36 heavy (non-hydrogen) atoms. The summed E-state index contributed by atoms with van der Waals surface area (Å²) < 4.78 is 13.9. The third-order valence-electron chi connectivity index (χ3n) is 7.03. The molecule has 2 amide bonds. The minimum Gasteiger partial charge on any atom is -0.322 e. The number of aldehydes is 1. The zero-order valence-corrected chi connectivity index (χ0v) is 20.2. The van der Waals surface area contributed by atoms with Crippen molar-refractivity contribution in [3.63, 3.8) is 0 Å². The molecule has 1 N–H and O–H groups in total. The monoisotopic (exact) mass is 502 g/mol. The van der Waals surface area contributed by atoms with Crippen LogP contribution in [-0.2, 0) is 11.2 Å². The number of hydrogen-bond acceptors (Lipinski definition) is 3. The van der Waals surface area contributed by atoms with Gasteiger partial charge in [0.1, 0.15) is 12.1 Å². The van der Waals surface area contributed by atoms with Crippen LogP contribution >= 0.6 is 11.6 Å². The topological polar surface area (TPSA) is 66.5 Å². The summed E-state index contributed by atoms with van der Waals surface area (Å²) in [5.74, 6) is -1.47.